The number of methoxy groups -OCH3 is 1. The summed E-state index contributed by atoms with van der Waals surface area (Å²) in [5, 5.41) is 50.9. The molecule has 3 heterocycles. The first-order chi connectivity index (χ1) is 26.4. The molecule has 6 rings (SSSR count). The van der Waals surface area contributed by atoms with Crippen LogP contribution in [0.2, 0.25) is 0 Å². The van der Waals surface area contributed by atoms with Gasteiger partial charge in [-0.05, 0) is 38.0 Å². The van der Waals surface area contributed by atoms with Crippen LogP contribution < -0.4 is 15.4 Å². The summed E-state index contributed by atoms with van der Waals surface area (Å²) in [6.07, 6.45) is 3.86. The number of ether oxygens (including phenoxy) is 3. The number of para-hydroxylation sites is 1. The summed E-state index contributed by atoms with van der Waals surface area (Å²) >= 11 is 0. The molecule has 1 amide bonds. The van der Waals surface area contributed by atoms with Crippen molar-refractivity contribution in [3.05, 3.63) is 99.6 Å². The van der Waals surface area contributed by atoms with Crippen LogP contribution >= 0.6 is 0 Å². The van der Waals surface area contributed by atoms with Crippen molar-refractivity contribution >= 4 is 28.9 Å². The molecule has 300 valence electrons. The van der Waals surface area contributed by atoms with Crippen LogP contribution in [0.15, 0.2) is 71.8 Å². The molecular weight excluding hydrogens is 720 g/mol. The number of phenols is 1. The number of nitrogens with one attached hydrogen (secondary N) is 2. The van der Waals surface area contributed by atoms with Crippen LogP contribution in [0.25, 0.3) is 0 Å². The maximum atomic E-state index is 14.7. The third-order valence-electron chi connectivity index (χ3n) is 11.4. The highest BCUT2D eigenvalue weighted by Crippen LogP contribution is 2.48. The first kappa shape index (κ1) is 42.1. The number of Topliss-reactive ketones (excluding diaryl/α,β-unsaturated/α-hetero) is 3. The van der Waals surface area contributed by atoms with Gasteiger partial charge in [-0.2, -0.15) is 0 Å². The van der Waals surface area contributed by atoms with Gasteiger partial charge in [0.25, 0.3) is 11.7 Å². The van der Waals surface area contributed by atoms with E-state index in [1.165, 1.54) is 46.3 Å². The van der Waals surface area contributed by atoms with Crippen LogP contribution in [0, 0.1) is 30.6 Å². The van der Waals surface area contributed by atoms with Crippen LogP contribution in [0.3, 0.4) is 0 Å². The number of aryl methyl sites for hydroxylation is 1. The summed E-state index contributed by atoms with van der Waals surface area (Å²) in [5.74, 6) is -8.61. The first-order valence-electron chi connectivity index (χ1n) is 18.8. The fourth-order valence-corrected chi connectivity index (χ4v) is 7.51. The number of aliphatic hydroxyl groups excluding tert-OH is 3. The maximum Gasteiger partial charge on any atom is 0.312 e. The van der Waals surface area contributed by atoms with Gasteiger partial charge in [-0.3, -0.25) is 19.2 Å². The number of hydrogen-bond donors (Lipinski definition) is 6. The van der Waals surface area contributed by atoms with Gasteiger partial charge in [-0.25, -0.2) is 0 Å². The Morgan fingerprint density at radius 2 is 1.52 bits per heavy atom. The summed E-state index contributed by atoms with van der Waals surface area (Å²) in [4.78, 5) is 57.2. The molecule has 9 unspecified atom stereocenters. The lowest BCUT2D eigenvalue weighted by Crippen LogP contribution is -2.45. The van der Waals surface area contributed by atoms with Gasteiger partial charge in [-0.15, -0.1) is 0 Å². The van der Waals surface area contributed by atoms with Crippen LogP contribution in [-0.2, 0) is 20.7 Å². The zero-order chi connectivity index (χ0) is 41.4. The largest absolute Gasteiger partial charge is 0.507 e. The van der Waals surface area contributed by atoms with Crippen molar-refractivity contribution in [3.8, 4) is 11.5 Å². The summed E-state index contributed by atoms with van der Waals surface area (Å²) < 4.78 is 17.6. The van der Waals surface area contributed by atoms with Crippen molar-refractivity contribution in [3.63, 3.8) is 0 Å². The highest BCUT2D eigenvalue weighted by atomic mass is 16.7. The molecule has 13 heteroatoms. The third-order valence-corrected chi connectivity index (χ3v) is 11.4. The molecule has 0 spiro atoms. The van der Waals surface area contributed by atoms with Gasteiger partial charge in [0.2, 0.25) is 11.6 Å². The van der Waals surface area contributed by atoms with E-state index in [1.807, 2.05) is 19.1 Å². The van der Waals surface area contributed by atoms with E-state index in [-0.39, 0.29) is 28.1 Å². The predicted molar refractivity (Wildman–Crippen MR) is 208 cm³/mol. The second-order valence-corrected chi connectivity index (χ2v) is 15.1. The molecule has 0 saturated carbocycles. The summed E-state index contributed by atoms with van der Waals surface area (Å²) in [7, 11) is 1.43. The molecule has 9 atom stereocenters. The molecule has 13 nitrogen and oxygen atoms in total. The highest BCUT2D eigenvalue weighted by molar-refractivity contribution is 6.33. The number of anilines is 1. The number of carbonyl (C=O) groups excluding carboxylic acids is 4. The number of phenolic OH excluding ortho intramolecular Hbond substituents is 1. The molecule has 0 fully saturated rings. The van der Waals surface area contributed by atoms with Crippen LogP contribution in [-0.4, -0.2) is 81.0 Å². The van der Waals surface area contributed by atoms with E-state index < -0.39 is 99.7 Å². The van der Waals surface area contributed by atoms with E-state index in [1.54, 1.807) is 52.0 Å². The molecule has 0 radical (unpaired) electrons. The van der Waals surface area contributed by atoms with E-state index >= 15 is 0 Å². The van der Waals surface area contributed by atoms with Crippen LogP contribution in [0.1, 0.15) is 90.7 Å². The normalized spacial score (nSPS) is 32.2. The number of fused-ring (bicyclic) bond motifs is 14. The van der Waals surface area contributed by atoms with Crippen molar-refractivity contribution in [2.24, 2.45) is 23.7 Å². The number of ketones is 3. The maximum absolute atomic E-state index is 14.7. The van der Waals surface area contributed by atoms with Crippen LogP contribution in [0.5, 0.6) is 11.5 Å². The Morgan fingerprint density at radius 3 is 2.18 bits per heavy atom. The number of aromatic hydroxyl groups is 1. The Balaban J connectivity index is 1.69. The predicted octanol–water partition coefficient (Wildman–Crippen LogP) is 5.06. The van der Waals surface area contributed by atoms with Gasteiger partial charge in [0, 0.05) is 54.5 Å². The van der Waals surface area contributed by atoms with Crippen molar-refractivity contribution < 1.29 is 53.8 Å². The van der Waals surface area contributed by atoms with Gasteiger partial charge in [-0.1, -0.05) is 71.0 Å². The zero-order valence-electron chi connectivity index (χ0n) is 33.2. The Kier molecular flexibility index (Phi) is 12.4. The van der Waals surface area contributed by atoms with Gasteiger partial charge >= 0.3 is 5.79 Å². The van der Waals surface area contributed by atoms with E-state index in [4.69, 9.17) is 14.2 Å². The van der Waals surface area contributed by atoms with Crippen molar-refractivity contribution in [1.82, 2.24) is 5.32 Å². The molecule has 2 aromatic carbocycles. The van der Waals surface area contributed by atoms with E-state index in [2.05, 4.69) is 10.6 Å². The molecule has 1 aliphatic carbocycles. The van der Waals surface area contributed by atoms with Gasteiger partial charge in [0.15, 0.2) is 0 Å². The Hall–Kier alpha value is -5.08. The van der Waals surface area contributed by atoms with Gasteiger partial charge in [0.05, 0.1) is 47.4 Å². The van der Waals surface area contributed by atoms with E-state index in [0.717, 1.165) is 5.56 Å². The monoisotopic (exact) mass is 772 g/mol. The summed E-state index contributed by atoms with van der Waals surface area (Å²) in [6, 6.07) is 7.10. The zero-order valence-corrected chi connectivity index (χ0v) is 33.2. The topological polar surface area (TPSA) is 201 Å². The molecule has 0 aromatic heterocycles. The molecule has 56 heavy (non-hydrogen) atoms. The number of amides is 1. The second kappa shape index (κ2) is 16.6. The Labute approximate surface area is 326 Å². The third kappa shape index (κ3) is 7.56. The molecule has 2 aromatic rings. The molecule has 3 aliphatic heterocycles. The minimum atomic E-state index is -2.07. The quantitative estimate of drug-likeness (QED) is 0.242. The van der Waals surface area contributed by atoms with Gasteiger partial charge < -0.3 is 45.3 Å². The van der Waals surface area contributed by atoms with Crippen LogP contribution in [0.4, 0.5) is 5.69 Å². The number of benzene rings is 2. The average molecular weight is 773 g/mol. The molecular formula is C43H52N2O11. The van der Waals surface area contributed by atoms with Crippen molar-refractivity contribution in [1.29, 1.82) is 0 Å². The Bertz CT molecular complexity index is 2050. The molecule has 0 saturated heterocycles. The number of allylic oxidation sites excluding steroid dienone is 4. The Morgan fingerprint density at radius 1 is 0.875 bits per heavy atom. The second-order valence-electron chi connectivity index (χ2n) is 15.1. The van der Waals surface area contributed by atoms with Crippen molar-refractivity contribution in [2.75, 3.05) is 12.4 Å². The number of aliphatic hydroxyl groups is 3. The minimum Gasteiger partial charge on any atom is -0.507 e. The standard InChI is InChI=1S/C43H52N2O11/c1-10-26-16-11-12-17-27(26)44-32-33-39(51)30-29(38(32)50)31-40(25(7)37(30)49)56-43(8,41(31)52)55-19-18-28(54-9)22(4)35(47)24(6)36(48)23(5)34(46)20(2)14-13-15-21(3)42(53)45-33/h11-20,22-24,28,34-36,44,46-49H,10H2,1-9H3,(H,45,53)/b14-13+,19-18+,21-15-. The fourth-order valence-electron chi connectivity index (χ4n) is 7.51. The lowest BCUT2D eigenvalue weighted by Gasteiger charge is -2.36. The van der Waals surface area contributed by atoms with Gasteiger partial charge in [0.1, 0.15) is 22.9 Å². The summed E-state index contributed by atoms with van der Waals surface area (Å²) in [6.45, 7) is 13.0. The molecule has 5 bridgehead atoms. The summed E-state index contributed by atoms with van der Waals surface area (Å²) in [5.41, 5.74) is -0.500. The molecule has 4 aliphatic rings. The SMILES string of the molecule is CCc1ccccc1NC1=C2NC(=O)/C(C)=C\C=C\C(C)C(O)C(C)C(O)C(C)C(O)C(C)C(OC)/C=C/OC3(C)Oc4c(C)c(O)c(c(c4C3=O)C1=O)C2=O. The number of rotatable bonds is 4. The minimum absolute atomic E-state index is 0.000650. The number of hydrogen-bond acceptors (Lipinski definition) is 12. The number of carbonyl (C=O) groups is 4. The highest BCUT2D eigenvalue weighted by Gasteiger charge is 2.52. The smallest absolute Gasteiger partial charge is 0.312 e. The van der Waals surface area contributed by atoms with Crippen molar-refractivity contribution in [2.45, 2.75) is 92.0 Å². The van der Waals surface area contributed by atoms with E-state index in [0.29, 0.717) is 12.1 Å². The average Bonchev–Trinajstić information content (AvgIpc) is 3.45. The fraction of sp³-hybridized carbons (Fsp3) is 0.442. The lowest BCUT2D eigenvalue weighted by atomic mass is 9.78. The van der Waals surface area contributed by atoms with E-state index in [9.17, 15) is 39.6 Å². The lowest BCUT2D eigenvalue weighted by molar-refractivity contribution is -0.116. The molecule has 6 N–H and O–H groups in total. The first-order valence-corrected chi connectivity index (χ1v) is 18.8.